The second-order valence-corrected chi connectivity index (χ2v) is 14.7. The van der Waals surface area contributed by atoms with Crippen LogP contribution >= 0.6 is 0 Å². The lowest BCUT2D eigenvalue weighted by atomic mass is 9.93. The quantitative estimate of drug-likeness (QED) is 0.206. The Morgan fingerprint density at radius 3 is 2.47 bits per heavy atom. The summed E-state index contributed by atoms with van der Waals surface area (Å²) in [6, 6.07) is 3.11. The molecule has 0 radical (unpaired) electrons. The lowest BCUT2D eigenvalue weighted by Gasteiger charge is -2.33. The largest absolute Gasteiger partial charge is 0.419 e. The summed E-state index contributed by atoms with van der Waals surface area (Å²) in [5.41, 5.74) is -3.07. The fourth-order valence-electron chi connectivity index (χ4n) is 5.85. The molecule has 0 saturated carbocycles. The van der Waals surface area contributed by atoms with Crippen LogP contribution in [-0.4, -0.2) is 107 Å². The number of aromatic nitrogens is 4. The van der Waals surface area contributed by atoms with E-state index in [1.54, 1.807) is 0 Å². The molecule has 13 nitrogen and oxygen atoms in total. The Labute approximate surface area is 282 Å². The van der Waals surface area contributed by atoms with Gasteiger partial charge in [-0.05, 0) is 63.9 Å². The Hall–Kier alpha value is -3.71. The number of benzene rings is 1. The minimum atomic E-state index is -4.80. The third kappa shape index (κ3) is 9.94. The van der Waals surface area contributed by atoms with E-state index in [4.69, 9.17) is 0 Å². The maximum Gasteiger partial charge on any atom is 0.419 e. The van der Waals surface area contributed by atoms with Gasteiger partial charge in [0.15, 0.2) is 0 Å². The topological polar surface area (TPSA) is 158 Å². The predicted octanol–water partition coefficient (Wildman–Crippen LogP) is 2.82. The predicted molar refractivity (Wildman–Crippen MR) is 173 cm³/mol. The first-order valence-electron chi connectivity index (χ1n) is 16.0. The Morgan fingerprint density at radius 2 is 1.82 bits per heavy atom. The van der Waals surface area contributed by atoms with Crippen molar-refractivity contribution in [3.05, 3.63) is 48.2 Å². The number of hydrogen-bond donors (Lipinski definition) is 4. The van der Waals surface area contributed by atoms with Gasteiger partial charge < -0.3 is 25.5 Å². The van der Waals surface area contributed by atoms with E-state index in [1.807, 2.05) is 4.90 Å². The number of rotatable bonds is 12. The van der Waals surface area contributed by atoms with E-state index in [0.717, 1.165) is 64.2 Å². The average Bonchev–Trinajstić information content (AvgIpc) is 3.49. The summed E-state index contributed by atoms with van der Waals surface area (Å²) < 4.78 is 86.1. The number of carbonyl (C=O) groups is 1. The van der Waals surface area contributed by atoms with Crippen LogP contribution in [0.5, 0.6) is 0 Å². The van der Waals surface area contributed by atoms with Gasteiger partial charge in [-0.3, -0.25) is 9.48 Å². The van der Waals surface area contributed by atoms with Crippen LogP contribution < -0.4 is 15.4 Å². The SMILES string of the molecule is CC(C)(O)Cn1cc(-c2nc(Nc3ccc(S(=O)(=O)NCCN4CCC(CC(=O)N5CCNCC5)CC4)cc3F)ncc2C(F)(F)F)cn1. The Morgan fingerprint density at radius 1 is 1.10 bits per heavy atom. The summed E-state index contributed by atoms with van der Waals surface area (Å²) in [5.74, 6) is -0.857. The van der Waals surface area contributed by atoms with Gasteiger partial charge in [0.2, 0.25) is 21.9 Å². The molecule has 4 heterocycles. The molecule has 1 aromatic carbocycles. The van der Waals surface area contributed by atoms with Crippen LogP contribution in [0.2, 0.25) is 0 Å². The van der Waals surface area contributed by atoms with Crippen LogP contribution in [0.25, 0.3) is 11.3 Å². The lowest BCUT2D eigenvalue weighted by molar-refractivity contribution is -0.137. The number of likely N-dealkylation sites (tertiary alicyclic amines) is 1. The molecule has 1 amide bonds. The summed E-state index contributed by atoms with van der Waals surface area (Å²) in [5, 5.41) is 19.8. The van der Waals surface area contributed by atoms with E-state index in [0.29, 0.717) is 25.1 Å². The molecule has 5 rings (SSSR count). The molecule has 0 spiro atoms. The number of piperazine rings is 1. The molecule has 49 heavy (non-hydrogen) atoms. The molecule has 18 heteroatoms. The second kappa shape index (κ2) is 15.0. The van der Waals surface area contributed by atoms with Gasteiger partial charge in [-0.15, -0.1) is 0 Å². The molecule has 0 unspecified atom stereocenters. The van der Waals surface area contributed by atoms with Gasteiger partial charge in [0, 0.05) is 63.6 Å². The van der Waals surface area contributed by atoms with Crippen molar-refractivity contribution in [3.63, 3.8) is 0 Å². The first-order valence-corrected chi connectivity index (χ1v) is 17.5. The number of piperidine rings is 1. The standard InChI is InChI=1S/C31H41F4N9O4S/c1-30(2,46)20-44-19-22(17-38-44)28-24(31(33,34)35)18-37-29(41-28)40-26-4-3-23(16-25(26)32)49(47,48)39-9-12-42-10-5-21(6-11-42)15-27(45)43-13-7-36-8-14-43/h3-4,16-19,21,36,39,46H,5-15,20H2,1-2H3,(H,37,40,41). The monoisotopic (exact) mass is 711 g/mol. The summed E-state index contributed by atoms with van der Waals surface area (Å²) >= 11 is 0. The van der Waals surface area contributed by atoms with E-state index in [2.05, 4.69) is 35.3 Å². The molecule has 0 aliphatic carbocycles. The molecular weight excluding hydrogens is 670 g/mol. The molecule has 2 aliphatic heterocycles. The van der Waals surface area contributed by atoms with Crippen molar-refractivity contribution in [1.29, 1.82) is 0 Å². The normalized spacial score (nSPS) is 17.0. The van der Waals surface area contributed by atoms with Crippen molar-refractivity contribution in [1.82, 2.24) is 39.6 Å². The number of hydrogen-bond acceptors (Lipinski definition) is 10. The molecule has 4 N–H and O–H groups in total. The molecule has 2 saturated heterocycles. The fourth-order valence-corrected chi connectivity index (χ4v) is 6.88. The van der Waals surface area contributed by atoms with Gasteiger partial charge in [0.25, 0.3) is 0 Å². The van der Waals surface area contributed by atoms with Crippen molar-refractivity contribution in [3.8, 4) is 11.3 Å². The highest BCUT2D eigenvalue weighted by atomic mass is 32.2. The van der Waals surface area contributed by atoms with E-state index >= 15 is 4.39 Å². The lowest BCUT2D eigenvalue weighted by Crippen LogP contribution is -2.47. The second-order valence-electron chi connectivity index (χ2n) is 13.0. The molecule has 0 atom stereocenters. The number of amides is 1. The maximum absolute atomic E-state index is 15.1. The van der Waals surface area contributed by atoms with Crippen LogP contribution in [0.4, 0.5) is 29.2 Å². The number of nitrogens with zero attached hydrogens (tertiary/aromatic N) is 6. The first-order chi connectivity index (χ1) is 23.1. The number of anilines is 2. The molecule has 0 bridgehead atoms. The van der Waals surface area contributed by atoms with Crippen LogP contribution in [0, 0.1) is 11.7 Å². The number of nitrogens with one attached hydrogen (secondary N) is 3. The summed E-state index contributed by atoms with van der Waals surface area (Å²) in [7, 11) is -4.07. The molecular formula is C31H41F4N9O4S. The smallest absolute Gasteiger partial charge is 0.389 e. The zero-order chi connectivity index (χ0) is 35.4. The Balaban J connectivity index is 1.17. The Kier molecular flexibility index (Phi) is 11.2. The number of aliphatic hydroxyl groups is 1. The number of alkyl halides is 3. The van der Waals surface area contributed by atoms with Gasteiger partial charge in [-0.2, -0.15) is 18.3 Å². The van der Waals surface area contributed by atoms with E-state index in [-0.39, 0.29) is 41.1 Å². The summed E-state index contributed by atoms with van der Waals surface area (Å²) in [4.78, 5) is 23.9. The number of sulfonamides is 1. The van der Waals surface area contributed by atoms with Crippen LogP contribution in [-0.2, 0) is 27.5 Å². The minimum absolute atomic E-state index is 0.000281. The van der Waals surface area contributed by atoms with Crippen LogP contribution in [0.3, 0.4) is 0 Å². The van der Waals surface area contributed by atoms with Gasteiger partial charge in [-0.25, -0.2) is 27.5 Å². The van der Waals surface area contributed by atoms with E-state index in [1.165, 1.54) is 37.0 Å². The molecule has 2 aliphatic rings. The van der Waals surface area contributed by atoms with E-state index in [9.17, 15) is 31.5 Å². The van der Waals surface area contributed by atoms with Crippen molar-refractivity contribution in [2.45, 2.75) is 56.3 Å². The van der Waals surface area contributed by atoms with Gasteiger partial charge in [0.1, 0.15) is 11.4 Å². The number of carbonyl (C=O) groups excluding carboxylic acids is 1. The molecule has 2 fully saturated rings. The van der Waals surface area contributed by atoms with Crippen molar-refractivity contribution in [2.75, 3.05) is 57.7 Å². The van der Waals surface area contributed by atoms with E-state index < -0.39 is 38.9 Å². The first kappa shape index (κ1) is 36.6. The highest BCUT2D eigenvalue weighted by Crippen LogP contribution is 2.36. The van der Waals surface area contributed by atoms with Crippen molar-refractivity contribution >= 4 is 27.6 Å². The molecule has 3 aromatic rings. The number of halogens is 4. The van der Waals surface area contributed by atoms with Crippen molar-refractivity contribution in [2.24, 2.45) is 5.92 Å². The molecule has 268 valence electrons. The van der Waals surface area contributed by atoms with Crippen molar-refractivity contribution < 1.29 is 35.9 Å². The summed E-state index contributed by atoms with van der Waals surface area (Å²) in [6.45, 7) is 8.18. The van der Waals surface area contributed by atoms with Crippen LogP contribution in [0.1, 0.15) is 38.7 Å². The van der Waals surface area contributed by atoms with Gasteiger partial charge in [-0.1, -0.05) is 0 Å². The molecule has 2 aromatic heterocycles. The zero-order valence-corrected chi connectivity index (χ0v) is 28.1. The third-order valence-corrected chi connectivity index (χ3v) is 9.87. The van der Waals surface area contributed by atoms with Gasteiger partial charge >= 0.3 is 6.18 Å². The highest BCUT2D eigenvalue weighted by Gasteiger charge is 2.36. The average molecular weight is 712 g/mol. The summed E-state index contributed by atoms with van der Waals surface area (Å²) in [6.07, 6.45) is 0.446. The fraction of sp³-hybridized carbons (Fsp3) is 0.548. The zero-order valence-electron chi connectivity index (χ0n) is 27.3. The van der Waals surface area contributed by atoms with Crippen LogP contribution in [0.15, 0.2) is 41.7 Å². The maximum atomic E-state index is 15.1. The minimum Gasteiger partial charge on any atom is -0.389 e. The third-order valence-electron chi connectivity index (χ3n) is 8.41. The van der Waals surface area contributed by atoms with Gasteiger partial charge in [0.05, 0.1) is 34.6 Å². The Bertz CT molecular complexity index is 1720. The highest BCUT2D eigenvalue weighted by molar-refractivity contribution is 7.89.